The second-order valence-electron chi connectivity index (χ2n) is 4.77. The molecule has 3 nitrogen and oxygen atoms in total. The highest BCUT2D eigenvalue weighted by atomic mass is 19.1. The molecule has 0 aliphatic carbocycles. The molecule has 2 rings (SSSR count). The predicted octanol–water partition coefficient (Wildman–Crippen LogP) is 1.50. The number of aliphatic hydroxyl groups excluding tert-OH is 1. The number of rotatable bonds is 4. The Bertz CT molecular complexity index is 378. The van der Waals surface area contributed by atoms with Gasteiger partial charge in [-0.1, -0.05) is 25.1 Å². The van der Waals surface area contributed by atoms with Crippen molar-refractivity contribution >= 4 is 0 Å². The maximum absolute atomic E-state index is 13.5. The highest BCUT2D eigenvalue weighted by Gasteiger charge is 2.20. The Kier molecular flexibility index (Phi) is 4.69. The highest BCUT2D eigenvalue weighted by molar-refractivity contribution is 5.20. The highest BCUT2D eigenvalue weighted by Crippen LogP contribution is 2.18. The summed E-state index contributed by atoms with van der Waals surface area (Å²) < 4.78 is 13.5. The van der Waals surface area contributed by atoms with Gasteiger partial charge in [0.1, 0.15) is 5.82 Å². The van der Waals surface area contributed by atoms with E-state index in [-0.39, 0.29) is 5.82 Å². The summed E-state index contributed by atoms with van der Waals surface area (Å²) in [6, 6.07) is 6.46. The zero-order chi connectivity index (χ0) is 13.0. The first kappa shape index (κ1) is 13.5. The van der Waals surface area contributed by atoms with Crippen molar-refractivity contribution in [3.05, 3.63) is 35.6 Å². The van der Waals surface area contributed by atoms with Gasteiger partial charge in [0.25, 0.3) is 0 Å². The Labute approximate surface area is 108 Å². The van der Waals surface area contributed by atoms with E-state index in [4.69, 9.17) is 0 Å². The fourth-order valence-electron chi connectivity index (χ4n) is 2.38. The van der Waals surface area contributed by atoms with Crippen LogP contribution < -0.4 is 0 Å². The summed E-state index contributed by atoms with van der Waals surface area (Å²) in [6.45, 7) is 7.69. The molecule has 1 fully saturated rings. The van der Waals surface area contributed by atoms with E-state index in [1.165, 1.54) is 6.07 Å². The zero-order valence-corrected chi connectivity index (χ0v) is 10.8. The van der Waals surface area contributed by atoms with Crippen LogP contribution in [0.1, 0.15) is 18.6 Å². The lowest BCUT2D eigenvalue weighted by atomic mass is 10.1. The van der Waals surface area contributed by atoms with E-state index in [0.29, 0.717) is 12.1 Å². The minimum atomic E-state index is -0.737. The van der Waals surface area contributed by atoms with Crippen LogP contribution >= 0.6 is 0 Å². The molecule has 0 amide bonds. The van der Waals surface area contributed by atoms with Crippen LogP contribution in [0.4, 0.5) is 4.39 Å². The average Bonchev–Trinajstić information content (AvgIpc) is 2.40. The van der Waals surface area contributed by atoms with Crippen molar-refractivity contribution in [3.8, 4) is 0 Å². The molecule has 0 bridgehead atoms. The van der Waals surface area contributed by atoms with E-state index in [1.54, 1.807) is 18.2 Å². The van der Waals surface area contributed by atoms with Crippen LogP contribution in [-0.4, -0.2) is 54.2 Å². The second-order valence-corrected chi connectivity index (χ2v) is 4.77. The number of likely N-dealkylation sites (N-methyl/N-ethyl adjacent to an activating group) is 1. The first-order valence-corrected chi connectivity index (χ1v) is 6.58. The number of halogens is 1. The first-order chi connectivity index (χ1) is 8.70. The SMILES string of the molecule is CCN1CCN(CC(O)c2ccccc2F)CC1. The van der Waals surface area contributed by atoms with Crippen LogP contribution in [0.25, 0.3) is 0 Å². The van der Waals surface area contributed by atoms with Gasteiger partial charge in [0, 0.05) is 38.3 Å². The Hall–Kier alpha value is -0.970. The van der Waals surface area contributed by atoms with E-state index < -0.39 is 6.10 Å². The van der Waals surface area contributed by atoms with Crippen LogP contribution in [0, 0.1) is 5.82 Å². The third-order valence-corrected chi connectivity index (χ3v) is 3.61. The molecule has 1 saturated heterocycles. The molecular weight excluding hydrogens is 231 g/mol. The molecule has 1 heterocycles. The molecule has 1 aromatic rings. The van der Waals surface area contributed by atoms with Gasteiger partial charge in [-0.05, 0) is 12.6 Å². The summed E-state index contributed by atoms with van der Waals surface area (Å²) in [6.07, 6.45) is -0.737. The van der Waals surface area contributed by atoms with Crippen LogP contribution in [0.2, 0.25) is 0 Å². The quantitative estimate of drug-likeness (QED) is 0.879. The monoisotopic (exact) mass is 252 g/mol. The number of benzene rings is 1. The maximum Gasteiger partial charge on any atom is 0.129 e. The van der Waals surface area contributed by atoms with E-state index in [1.807, 2.05) is 0 Å². The first-order valence-electron chi connectivity index (χ1n) is 6.58. The minimum Gasteiger partial charge on any atom is -0.387 e. The third kappa shape index (κ3) is 3.28. The number of nitrogens with zero attached hydrogens (tertiary/aromatic N) is 2. The van der Waals surface area contributed by atoms with Gasteiger partial charge < -0.3 is 10.0 Å². The lowest BCUT2D eigenvalue weighted by Gasteiger charge is -2.35. The van der Waals surface area contributed by atoms with Gasteiger partial charge in [0.05, 0.1) is 6.10 Å². The Morgan fingerprint density at radius 2 is 1.78 bits per heavy atom. The molecule has 1 aliphatic rings. The smallest absolute Gasteiger partial charge is 0.129 e. The minimum absolute atomic E-state index is 0.322. The predicted molar refractivity (Wildman–Crippen MR) is 69.9 cm³/mol. The summed E-state index contributed by atoms with van der Waals surface area (Å²) in [4.78, 5) is 4.58. The van der Waals surface area contributed by atoms with Crippen LogP contribution in [0.5, 0.6) is 0 Å². The van der Waals surface area contributed by atoms with E-state index in [0.717, 1.165) is 32.7 Å². The van der Waals surface area contributed by atoms with Crippen LogP contribution in [0.3, 0.4) is 0 Å². The maximum atomic E-state index is 13.5. The fraction of sp³-hybridized carbons (Fsp3) is 0.571. The van der Waals surface area contributed by atoms with E-state index >= 15 is 0 Å². The molecule has 0 radical (unpaired) electrons. The van der Waals surface area contributed by atoms with Gasteiger partial charge in [0.15, 0.2) is 0 Å². The van der Waals surface area contributed by atoms with Crippen molar-refractivity contribution in [2.45, 2.75) is 13.0 Å². The number of β-amino-alcohol motifs (C(OH)–C–C–N with tert-alkyl or cyclic N) is 1. The lowest BCUT2D eigenvalue weighted by Crippen LogP contribution is -2.47. The molecular formula is C14H21FN2O. The molecule has 1 N–H and O–H groups in total. The summed E-state index contributed by atoms with van der Waals surface area (Å²) >= 11 is 0. The molecule has 1 atom stereocenters. The lowest BCUT2D eigenvalue weighted by molar-refractivity contribution is 0.0727. The molecule has 1 aromatic carbocycles. The Balaban J connectivity index is 1.89. The standard InChI is InChI=1S/C14H21FN2O/c1-2-16-7-9-17(10-8-16)11-14(18)12-5-3-4-6-13(12)15/h3-6,14,18H,2,7-11H2,1H3. The summed E-state index contributed by atoms with van der Waals surface area (Å²) in [5.74, 6) is -0.322. The molecule has 1 aliphatic heterocycles. The molecule has 18 heavy (non-hydrogen) atoms. The molecule has 100 valence electrons. The van der Waals surface area contributed by atoms with Gasteiger partial charge in [-0.3, -0.25) is 4.90 Å². The summed E-state index contributed by atoms with van der Waals surface area (Å²) in [5.41, 5.74) is 0.399. The van der Waals surface area contributed by atoms with Crippen molar-refractivity contribution < 1.29 is 9.50 Å². The Morgan fingerprint density at radius 3 is 2.39 bits per heavy atom. The number of hydrogen-bond acceptors (Lipinski definition) is 3. The van der Waals surface area contributed by atoms with Gasteiger partial charge in [-0.2, -0.15) is 0 Å². The topological polar surface area (TPSA) is 26.7 Å². The fourth-order valence-corrected chi connectivity index (χ4v) is 2.38. The third-order valence-electron chi connectivity index (χ3n) is 3.61. The van der Waals surface area contributed by atoms with Crippen LogP contribution in [0.15, 0.2) is 24.3 Å². The van der Waals surface area contributed by atoms with Crippen molar-refractivity contribution in [1.29, 1.82) is 0 Å². The molecule has 0 spiro atoms. The summed E-state index contributed by atoms with van der Waals surface area (Å²) in [5, 5.41) is 10.1. The summed E-state index contributed by atoms with van der Waals surface area (Å²) in [7, 11) is 0. The molecule has 1 unspecified atom stereocenters. The second kappa shape index (κ2) is 6.27. The average molecular weight is 252 g/mol. The molecule has 4 heteroatoms. The molecule has 0 aromatic heterocycles. The number of aliphatic hydroxyl groups is 1. The Morgan fingerprint density at radius 1 is 1.17 bits per heavy atom. The van der Waals surface area contributed by atoms with Crippen molar-refractivity contribution in [1.82, 2.24) is 9.80 Å². The van der Waals surface area contributed by atoms with Crippen molar-refractivity contribution in [2.24, 2.45) is 0 Å². The number of piperazine rings is 1. The zero-order valence-electron chi connectivity index (χ0n) is 10.8. The normalized spacial score (nSPS) is 19.9. The van der Waals surface area contributed by atoms with Gasteiger partial charge in [-0.15, -0.1) is 0 Å². The van der Waals surface area contributed by atoms with Crippen LogP contribution in [-0.2, 0) is 0 Å². The van der Waals surface area contributed by atoms with Crippen molar-refractivity contribution in [2.75, 3.05) is 39.3 Å². The van der Waals surface area contributed by atoms with E-state index in [9.17, 15) is 9.50 Å². The molecule has 0 saturated carbocycles. The van der Waals surface area contributed by atoms with Crippen molar-refractivity contribution in [3.63, 3.8) is 0 Å². The van der Waals surface area contributed by atoms with Gasteiger partial charge >= 0.3 is 0 Å². The van der Waals surface area contributed by atoms with Gasteiger partial charge in [0.2, 0.25) is 0 Å². The van der Waals surface area contributed by atoms with E-state index in [2.05, 4.69) is 16.7 Å². The largest absolute Gasteiger partial charge is 0.387 e. The number of hydrogen-bond donors (Lipinski definition) is 1. The van der Waals surface area contributed by atoms with Gasteiger partial charge in [-0.25, -0.2) is 4.39 Å².